The van der Waals surface area contributed by atoms with Crippen LogP contribution in [0.2, 0.25) is 0 Å². The number of pyridine rings is 1. The van der Waals surface area contributed by atoms with Gasteiger partial charge in [-0.1, -0.05) is 12.1 Å². The minimum absolute atomic E-state index is 0.173. The van der Waals surface area contributed by atoms with Crippen molar-refractivity contribution in [3.05, 3.63) is 63.1 Å². The first-order valence-corrected chi connectivity index (χ1v) is 6.63. The Balaban J connectivity index is 2.17. The number of ether oxygens (including phenoxy) is 1. The summed E-state index contributed by atoms with van der Waals surface area (Å²) in [5, 5.41) is 2.75. The van der Waals surface area contributed by atoms with Gasteiger partial charge >= 0.3 is 0 Å². The number of methoxy groups -OCH3 is 1. The highest BCUT2D eigenvalue weighted by Crippen LogP contribution is 2.17. The summed E-state index contributed by atoms with van der Waals surface area (Å²) in [5.41, 5.74) is 2.49. The highest BCUT2D eigenvalue weighted by atomic mass is 16.5. The maximum Gasteiger partial charge on any atom is 0.255 e. The number of nitrogens with one attached hydrogen (secondary N) is 2. The minimum atomic E-state index is -0.271. The molecule has 110 valence electrons. The van der Waals surface area contributed by atoms with Gasteiger partial charge in [-0.2, -0.15) is 0 Å². The van der Waals surface area contributed by atoms with Crippen molar-refractivity contribution in [1.82, 2.24) is 10.3 Å². The molecular formula is C16H18N2O3. The van der Waals surface area contributed by atoms with E-state index >= 15 is 0 Å². The number of carbonyl (C=O) groups is 1. The molecule has 0 aliphatic rings. The third kappa shape index (κ3) is 3.31. The number of H-pyrrole nitrogens is 1. The summed E-state index contributed by atoms with van der Waals surface area (Å²) < 4.78 is 5.15. The third-order valence-electron chi connectivity index (χ3n) is 3.27. The van der Waals surface area contributed by atoms with E-state index in [2.05, 4.69) is 10.3 Å². The van der Waals surface area contributed by atoms with Crippen molar-refractivity contribution >= 4 is 5.91 Å². The number of aromatic nitrogens is 1. The molecule has 5 heteroatoms. The van der Waals surface area contributed by atoms with Crippen LogP contribution in [0.15, 0.2) is 35.1 Å². The maximum absolute atomic E-state index is 12.2. The Morgan fingerprint density at radius 3 is 2.67 bits per heavy atom. The van der Waals surface area contributed by atoms with Gasteiger partial charge in [-0.25, -0.2) is 0 Å². The van der Waals surface area contributed by atoms with Gasteiger partial charge in [-0.15, -0.1) is 0 Å². The zero-order valence-corrected chi connectivity index (χ0v) is 12.3. The van der Waals surface area contributed by atoms with Gasteiger partial charge in [0.2, 0.25) is 0 Å². The predicted octanol–water partition coefficient (Wildman–Crippen LogP) is 1.93. The molecule has 1 amide bonds. The van der Waals surface area contributed by atoms with E-state index in [1.54, 1.807) is 24.3 Å². The number of hydrogen-bond donors (Lipinski definition) is 2. The van der Waals surface area contributed by atoms with Gasteiger partial charge < -0.3 is 15.0 Å². The van der Waals surface area contributed by atoms with Crippen LogP contribution in [-0.2, 0) is 6.54 Å². The molecule has 2 aromatic rings. The van der Waals surface area contributed by atoms with Crippen molar-refractivity contribution < 1.29 is 9.53 Å². The normalized spacial score (nSPS) is 10.2. The monoisotopic (exact) mass is 286 g/mol. The molecule has 5 nitrogen and oxygen atoms in total. The fraction of sp³-hybridized carbons (Fsp3) is 0.250. The summed E-state index contributed by atoms with van der Waals surface area (Å²) in [4.78, 5) is 26.8. The molecule has 0 aliphatic carbocycles. The Morgan fingerprint density at radius 2 is 2.00 bits per heavy atom. The van der Waals surface area contributed by atoms with Crippen molar-refractivity contribution in [3.63, 3.8) is 0 Å². The summed E-state index contributed by atoms with van der Waals surface area (Å²) in [6, 6.07) is 8.84. The van der Waals surface area contributed by atoms with Gasteiger partial charge in [0.05, 0.1) is 12.7 Å². The zero-order valence-electron chi connectivity index (χ0n) is 12.3. The average Bonchev–Trinajstić information content (AvgIpc) is 2.45. The fourth-order valence-corrected chi connectivity index (χ4v) is 2.20. The van der Waals surface area contributed by atoms with E-state index < -0.39 is 0 Å². The molecule has 0 spiro atoms. The van der Waals surface area contributed by atoms with Crippen LogP contribution in [-0.4, -0.2) is 18.0 Å². The molecule has 21 heavy (non-hydrogen) atoms. The number of para-hydroxylation sites is 1. The summed E-state index contributed by atoms with van der Waals surface area (Å²) in [7, 11) is 1.51. The Bertz CT molecular complexity index is 720. The van der Waals surface area contributed by atoms with Gasteiger partial charge in [-0.3, -0.25) is 9.59 Å². The van der Waals surface area contributed by atoms with Crippen molar-refractivity contribution in [3.8, 4) is 5.75 Å². The average molecular weight is 286 g/mol. The molecule has 0 atom stereocenters. The molecule has 2 N–H and O–H groups in total. The molecule has 1 aromatic carbocycles. The van der Waals surface area contributed by atoms with Gasteiger partial charge in [0.25, 0.3) is 11.5 Å². The zero-order chi connectivity index (χ0) is 15.4. The van der Waals surface area contributed by atoms with E-state index in [0.717, 1.165) is 11.3 Å². The lowest BCUT2D eigenvalue weighted by molar-refractivity contribution is 0.0947. The highest BCUT2D eigenvalue weighted by molar-refractivity contribution is 5.96. The minimum Gasteiger partial charge on any atom is -0.496 e. The summed E-state index contributed by atoms with van der Waals surface area (Å²) >= 11 is 0. The van der Waals surface area contributed by atoms with Crippen LogP contribution >= 0.6 is 0 Å². The van der Waals surface area contributed by atoms with Gasteiger partial charge in [0.1, 0.15) is 5.75 Å². The van der Waals surface area contributed by atoms with Gasteiger partial charge in [0.15, 0.2) is 0 Å². The van der Waals surface area contributed by atoms with Crippen LogP contribution in [0.4, 0.5) is 0 Å². The maximum atomic E-state index is 12.2. The van der Waals surface area contributed by atoms with Crippen LogP contribution in [0.5, 0.6) is 5.75 Å². The van der Waals surface area contributed by atoms with Crippen LogP contribution in [0, 0.1) is 13.8 Å². The van der Waals surface area contributed by atoms with E-state index in [4.69, 9.17) is 4.74 Å². The Hall–Kier alpha value is -2.56. The molecule has 0 saturated heterocycles. The Morgan fingerprint density at radius 1 is 1.29 bits per heavy atom. The topological polar surface area (TPSA) is 71.2 Å². The summed E-state index contributed by atoms with van der Waals surface area (Å²) in [6.45, 7) is 3.86. The third-order valence-corrected chi connectivity index (χ3v) is 3.27. The van der Waals surface area contributed by atoms with Crippen molar-refractivity contribution in [2.45, 2.75) is 20.4 Å². The molecule has 2 rings (SSSR count). The predicted molar refractivity (Wildman–Crippen MR) is 80.7 cm³/mol. The molecule has 1 aromatic heterocycles. The standard InChI is InChI=1S/C16H18N2O3/c1-10-8-11(2)18-16(20)13(10)9-17-15(19)12-6-4-5-7-14(12)21-3/h4-8H,9H2,1-3H3,(H,17,19)(H,18,20). The second kappa shape index (κ2) is 6.26. The van der Waals surface area contributed by atoms with Crippen LogP contribution in [0.3, 0.4) is 0 Å². The highest BCUT2D eigenvalue weighted by Gasteiger charge is 2.12. The van der Waals surface area contributed by atoms with Crippen LogP contribution in [0.1, 0.15) is 27.2 Å². The number of amides is 1. The number of rotatable bonds is 4. The quantitative estimate of drug-likeness (QED) is 0.902. The fourth-order valence-electron chi connectivity index (χ4n) is 2.20. The first-order chi connectivity index (χ1) is 10.0. The van der Waals surface area contributed by atoms with Crippen molar-refractivity contribution in [1.29, 1.82) is 0 Å². The molecule has 1 heterocycles. The number of carbonyl (C=O) groups excluding carboxylic acids is 1. The molecule has 0 fully saturated rings. The number of benzene rings is 1. The molecular weight excluding hydrogens is 268 g/mol. The SMILES string of the molecule is COc1ccccc1C(=O)NCc1c(C)cc(C)[nH]c1=O. The lowest BCUT2D eigenvalue weighted by atomic mass is 10.1. The second-order valence-electron chi connectivity index (χ2n) is 4.83. The molecule has 0 radical (unpaired) electrons. The van der Waals surface area contributed by atoms with E-state index in [-0.39, 0.29) is 18.0 Å². The van der Waals surface area contributed by atoms with E-state index in [1.165, 1.54) is 7.11 Å². The Kier molecular flexibility index (Phi) is 4.42. The van der Waals surface area contributed by atoms with Crippen molar-refractivity contribution in [2.75, 3.05) is 7.11 Å². The van der Waals surface area contributed by atoms with Gasteiger partial charge in [-0.05, 0) is 37.6 Å². The number of aryl methyl sites for hydroxylation is 2. The summed E-state index contributed by atoms with van der Waals surface area (Å²) in [5.74, 6) is 0.233. The largest absolute Gasteiger partial charge is 0.496 e. The van der Waals surface area contributed by atoms with E-state index in [1.807, 2.05) is 19.9 Å². The molecule has 0 bridgehead atoms. The smallest absolute Gasteiger partial charge is 0.255 e. The van der Waals surface area contributed by atoms with Crippen molar-refractivity contribution in [2.24, 2.45) is 0 Å². The molecule has 0 unspecified atom stereocenters. The lowest BCUT2D eigenvalue weighted by Gasteiger charge is -2.10. The van der Waals surface area contributed by atoms with E-state index in [0.29, 0.717) is 16.9 Å². The second-order valence-corrected chi connectivity index (χ2v) is 4.83. The van der Waals surface area contributed by atoms with E-state index in [9.17, 15) is 9.59 Å². The molecule has 0 aliphatic heterocycles. The number of hydrogen-bond acceptors (Lipinski definition) is 3. The van der Waals surface area contributed by atoms with Crippen LogP contribution < -0.4 is 15.6 Å². The summed E-state index contributed by atoms with van der Waals surface area (Å²) in [6.07, 6.45) is 0. The number of aromatic amines is 1. The lowest BCUT2D eigenvalue weighted by Crippen LogP contribution is -2.28. The van der Waals surface area contributed by atoms with Gasteiger partial charge in [0, 0.05) is 17.8 Å². The van der Waals surface area contributed by atoms with Crippen LogP contribution in [0.25, 0.3) is 0 Å². The Labute approximate surface area is 123 Å². The first-order valence-electron chi connectivity index (χ1n) is 6.63. The first kappa shape index (κ1) is 14.8. The molecule has 0 saturated carbocycles.